The number of hydrogen-bond acceptors (Lipinski definition) is 3. The normalized spacial score (nSPS) is 14.4. The molecule has 0 atom stereocenters. The van der Waals surface area contributed by atoms with Crippen molar-refractivity contribution in [1.82, 2.24) is 0 Å². The zero-order chi connectivity index (χ0) is 11.8. The van der Waals surface area contributed by atoms with Crippen LogP contribution in [0.4, 0.5) is 8.78 Å². The lowest BCUT2D eigenvalue weighted by Gasteiger charge is -2.21. The Labute approximate surface area is 91.2 Å². The summed E-state index contributed by atoms with van der Waals surface area (Å²) in [7, 11) is 0. The maximum Gasteiger partial charge on any atom is 0.357 e. The van der Waals surface area contributed by atoms with Crippen molar-refractivity contribution in [2.24, 2.45) is 0 Å². The maximum absolute atomic E-state index is 13.3. The predicted octanol–water partition coefficient (Wildman–Crippen LogP) is 2.38. The van der Waals surface area contributed by atoms with Gasteiger partial charge in [-0.1, -0.05) is 0 Å². The highest BCUT2D eigenvalue weighted by molar-refractivity contribution is 5.50. The molecule has 0 unspecified atom stereocenters. The molecule has 1 aromatic rings. The van der Waals surface area contributed by atoms with Crippen molar-refractivity contribution in [1.29, 1.82) is 5.26 Å². The van der Waals surface area contributed by atoms with Crippen molar-refractivity contribution in [3.63, 3.8) is 0 Å². The Morgan fingerprint density at radius 2 is 1.81 bits per heavy atom. The van der Waals surface area contributed by atoms with Gasteiger partial charge in [-0.25, -0.2) is 0 Å². The molecule has 3 nitrogen and oxygen atoms in total. The standard InChI is InChI=1S/C11H9F2NO2/c1-7-4-9-10(16-3-2-15-9)5-8(7)11(12,13)6-14/h4-5H,2-3H2,1H3. The van der Waals surface area contributed by atoms with E-state index in [2.05, 4.69) is 0 Å². The van der Waals surface area contributed by atoms with Crippen LogP contribution in [0.15, 0.2) is 12.1 Å². The zero-order valence-electron chi connectivity index (χ0n) is 8.59. The number of benzene rings is 1. The number of rotatable bonds is 1. The number of halogens is 2. The topological polar surface area (TPSA) is 42.2 Å². The third kappa shape index (κ3) is 1.67. The highest BCUT2D eigenvalue weighted by Crippen LogP contribution is 2.38. The zero-order valence-corrected chi connectivity index (χ0v) is 8.59. The van der Waals surface area contributed by atoms with Gasteiger partial charge in [0.15, 0.2) is 11.5 Å². The first-order chi connectivity index (χ1) is 7.54. The molecule has 0 saturated heterocycles. The minimum absolute atomic E-state index is 0.266. The van der Waals surface area contributed by atoms with Gasteiger partial charge in [-0.2, -0.15) is 14.0 Å². The highest BCUT2D eigenvalue weighted by atomic mass is 19.3. The van der Waals surface area contributed by atoms with Gasteiger partial charge in [0.2, 0.25) is 0 Å². The fourth-order valence-electron chi connectivity index (χ4n) is 1.59. The molecule has 1 aromatic carbocycles. The van der Waals surface area contributed by atoms with Crippen molar-refractivity contribution in [3.8, 4) is 17.6 Å². The molecule has 0 amide bonds. The first-order valence-corrected chi connectivity index (χ1v) is 4.74. The van der Waals surface area contributed by atoms with Gasteiger partial charge in [0.05, 0.1) is 0 Å². The molecule has 16 heavy (non-hydrogen) atoms. The third-order valence-electron chi connectivity index (χ3n) is 2.37. The Kier molecular flexibility index (Phi) is 2.43. The monoisotopic (exact) mass is 225 g/mol. The van der Waals surface area contributed by atoms with E-state index in [1.54, 1.807) is 0 Å². The van der Waals surface area contributed by atoms with Gasteiger partial charge in [0.1, 0.15) is 19.3 Å². The molecule has 1 heterocycles. The second kappa shape index (κ2) is 3.63. The number of alkyl halides is 2. The van der Waals surface area contributed by atoms with Gasteiger partial charge in [0, 0.05) is 5.56 Å². The number of nitrogens with zero attached hydrogens (tertiary/aromatic N) is 1. The average Bonchev–Trinajstić information content (AvgIpc) is 2.28. The average molecular weight is 225 g/mol. The van der Waals surface area contributed by atoms with Crippen LogP contribution in [0.5, 0.6) is 11.5 Å². The van der Waals surface area contributed by atoms with Gasteiger partial charge < -0.3 is 9.47 Å². The first-order valence-electron chi connectivity index (χ1n) is 4.74. The molecule has 1 aliphatic heterocycles. The Morgan fingerprint density at radius 3 is 2.38 bits per heavy atom. The minimum Gasteiger partial charge on any atom is -0.486 e. The van der Waals surface area contributed by atoms with Gasteiger partial charge in [-0.05, 0) is 24.6 Å². The molecule has 0 spiro atoms. The smallest absolute Gasteiger partial charge is 0.357 e. The molecule has 0 saturated carbocycles. The molecule has 0 fully saturated rings. The van der Waals surface area contributed by atoms with Crippen LogP contribution in [0, 0.1) is 18.3 Å². The molecule has 1 aliphatic rings. The summed E-state index contributed by atoms with van der Waals surface area (Å²) in [6.45, 7) is 2.24. The van der Waals surface area contributed by atoms with E-state index in [0.29, 0.717) is 24.5 Å². The fraction of sp³-hybridized carbons (Fsp3) is 0.364. The van der Waals surface area contributed by atoms with Crippen molar-refractivity contribution in [2.45, 2.75) is 12.8 Å². The lowest BCUT2D eigenvalue weighted by atomic mass is 10.0. The summed E-state index contributed by atoms with van der Waals surface area (Å²) in [5, 5.41) is 8.40. The number of aryl methyl sites for hydroxylation is 1. The van der Waals surface area contributed by atoms with Gasteiger partial charge >= 0.3 is 5.92 Å². The maximum atomic E-state index is 13.3. The van der Waals surface area contributed by atoms with E-state index < -0.39 is 5.92 Å². The minimum atomic E-state index is -3.50. The van der Waals surface area contributed by atoms with Crippen LogP contribution < -0.4 is 9.47 Å². The predicted molar refractivity (Wildman–Crippen MR) is 51.7 cm³/mol. The Morgan fingerprint density at radius 1 is 1.25 bits per heavy atom. The van der Waals surface area contributed by atoms with Gasteiger partial charge in [0.25, 0.3) is 0 Å². The Balaban J connectivity index is 2.53. The number of hydrogen-bond donors (Lipinski definition) is 0. The summed E-state index contributed by atoms with van der Waals surface area (Å²) in [6.07, 6.45) is 0. The summed E-state index contributed by atoms with van der Waals surface area (Å²) in [6, 6.07) is 3.62. The SMILES string of the molecule is Cc1cc2c(cc1C(F)(F)C#N)OCCO2. The molecule has 84 valence electrons. The summed E-state index contributed by atoms with van der Waals surface area (Å²) in [5.74, 6) is -2.79. The quantitative estimate of drug-likeness (QED) is 0.736. The highest BCUT2D eigenvalue weighted by Gasteiger charge is 2.34. The van der Waals surface area contributed by atoms with E-state index in [0.717, 1.165) is 6.07 Å². The summed E-state index contributed by atoms with van der Waals surface area (Å²) >= 11 is 0. The molecular weight excluding hydrogens is 216 g/mol. The van der Waals surface area contributed by atoms with E-state index in [1.807, 2.05) is 0 Å². The Hall–Kier alpha value is -1.83. The lowest BCUT2D eigenvalue weighted by molar-refractivity contribution is 0.0597. The van der Waals surface area contributed by atoms with Crippen LogP contribution in [-0.2, 0) is 5.92 Å². The second-order valence-corrected chi connectivity index (χ2v) is 3.50. The van der Waals surface area contributed by atoms with Gasteiger partial charge in [-0.3, -0.25) is 0 Å². The number of ether oxygens (including phenoxy) is 2. The largest absolute Gasteiger partial charge is 0.486 e. The summed E-state index contributed by atoms with van der Waals surface area (Å²) in [4.78, 5) is 0. The van der Waals surface area contributed by atoms with Crippen LogP contribution in [-0.4, -0.2) is 13.2 Å². The van der Waals surface area contributed by atoms with Crippen molar-refractivity contribution < 1.29 is 18.3 Å². The summed E-state index contributed by atoms with van der Waals surface area (Å²) in [5.41, 5.74) is -0.0185. The number of fused-ring (bicyclic) bond motifs is 1. The lowest BCUT2D eigenvalue weighted by Crippen LogP contribution is -2.18. The second-order valence-electron chi connectivity index (χ2n) is 3.50. The van der Waals surface area contributed by atoms with Crippen molar-refractivity contribution in [2.75, 3.05) is 13.2 Å². The molecule has 0 bridgehead atoms. The van der Waals surface area contributed by atoms with Crippen molar-refractivity contribution in [3.05, 3.63) is 23.3 Å². The fourth-order valence-corrected chi connectivity index (χ4v) is 1.59. The van der Waals surface area contributed by atoms with Crippen LogP contribution >= 0.6 is 0 Å². The molecule has 0 radical (unpaired) electrons. The molecular formula is C11H9F2NO2. The van der Waals surface area contributed by atoms with E-state index in [-0.39, 0.29) is 11.3 Å². The van der Waals surface area contributed by atoms with E-state index >= 15 is 0 Å². The van der Waals surface area contributed by atoms with Crippen LogP contribution in [0.25, 0.3) is 0 Å². The summed E-state index contributed by atoms with van der Waals surface area (Å²) < 4.78 is 37.0. The van der Waals surface area contributed by atoms with E-state index in [1.165, 1.54) is 19.1 Å². The van der Waals surface area contributed by atoms with Gasteiger partial charge in [-0.15, -0.1) is 0 Å². The van der Waals surface area contributed by atoms with Crippen LogP contribution in [0.3, 0.4) is 0 Å². The van der Waals surface area contributed by atoms with Crippen LogP contribution in [0.1, 0.15) is 11.1 Å². The number of nitriles is 1. The molecule has 0 N–H and O–H groups in total. The van der Waals surface area contributed by atoms with E-state index in [4.69, 9.17) is 14.7 Å². The van der Waals surface area contributed by atoms with Crippen LogP contribution in [0.2, 0.25) is 0 Å². The Bertz CT molecular complexity index is 466. The molecule has 2 rings (SSSR count). The molecule has 0 aromatic heterocycles. The van der Waals surface area contributed by atoms with Crippen molar-refractivity contribution >= 4 is 0 Å². The van der Waals surface area contributed by atoms with E-state index in [9.17, 15) is 8.78 Å². The first kappa shape index (κ1) is 10.7. The third-order valence-corrected chi connectivity index (χ3v) is 2.37. The molecule has 0 aliphatic carbocycles. The molecule has 5 heteroatoms.